The van der Waals surface area contributed by atoms with E-state index in [0.29, 0.717) is 0 Å². The average molecular weight is 158 g/mol. The summed E-state index contributed by atoms with van der Waals surface area (Å²) in [6, 6.07) is 0. The molecule has 0 aromatic heterocycles. The molecule has 1 unspecified atom stereocenters. The van der Waals surface area contributed by atoms with Crippen molar-refractivity contribution in [3.8, 4) is 0 Å². The monoisotopic (exact) mass is 158 g/mol. The summed E-state index contributed by atoms with van der Waals surface area (Å²) in [4.78, 5) is 0. The zero-order valence-electron chi connectivity index (χ0n) is 7.00. The van der Waals surface area contributed by atoms with Crippen LogP contribution in [-0.2, 0) is 14.2 Å². The van der Waals surface area contributed by atoms with Gasteiger partial charge in [-0.05, 0) is 6.92 Å². The zero-order valence-corrected chi connectivity index (χ0v) is 7.00. The van der Waals surface area contributed by atoms with Gasteiger partial charge in [0.05, 0.1) is 19.8 Å². The van der Waals surface area contributed by atoms with Crippen LogP contribution in [0.5, 0.6) is 0 Å². The number of fused-ring (bicyclic) bond motifs is 4. The molecule has 3 heterocycles. The van der Waals surface area contributed by atoms with E-state index in [1.165, 1.54) is 0 Å². The molecule has 3 fully saturated rings. The third-order valence-corrected chi connectivity index (χ3v) is 2.27. The van der Waals surface area contributed by atoms with Crippen molar-refractivity contribution < 1.29 is 14.2 Å². The SMILES string of the molecule is CC1OCC2(C)COC1OC2. The van der Waals surface area contributed by atoms with Crippen LogP contribution in [0, 0.1) is 5.41 Å². The first-order valence-electron chi connectivity index (χ1n) is 4.04. The Labute approximate surface area is 66.6 Å². The minimum Gasteiger partial charge on any atom is -0.372 e. The standard InChI is InChI=1S/C8H14O3/c1-6-7-10-4-8(2,3-9-6)5-11-7/h6-7H,3-5H2,1-2H3. The molecule has 2 bridgehead atoms. The van der Waals surface area contributed by atoms with Gasteiger partial charge < -0.3 is 14.2 Å². The fraction of sp³-hybridized carbons (Fsp3) is 1.00. The Morgan fingerprint density at radius 2 is 1.64 bits per heavy atom. The van der Waals surface area contributed by atoms with Gasteiger partial charge in [0, 0.05) is 5.41 Å². The van der Waals surface area contributed by atoms with Gasteiger partial charge in [-0.3, -0.25) is 0 Å². The Hall–Kier alpha value is -0.120. The molecule has 3 rings (SSSR count). The highest BCUT2D eigenvalue weighted by atomic mass is 16.7. The molecule has 0 radical (unpaired) electrons. The smallest absolute Gasteiger partial charge is 0.183 e. The predicted octanol–water partition coefficient (Wildman–Crippen LogP) is 0.784. The molecule has 3 saturated heterocycles. The van der Waals surface area contributed by atoms with Crippen molar-refractivity contribution in [1.82, 2.24) is 0 Å². The molecular weight excluding hydrogens is 144 g/mol. The van der Waals surface area contributed by atoms with Gasteiger partial charge in [-0.1, -0.05) is 6.92 Å². The summed E-state index contributed by atoms with van der Waals surface area (Å²) >= 11 is 0. The average Bonchev–Trinajstić information content (AvgIpc) is 2.21. The summed E-state index contributed by atoms with van der Waals surface area (Å²) in [7, 11) is 0. The Balaban J connectivity index is 2.14. The number of ether oxygens (including phenoxy) is 3. The van der Waals surface area contributed by atoms with Crippen LogP contribution in [0.2, 0.25) is 0 Å². The minimum absolute atomic E-state index is 0.0827. The van der Waals surface area contributed by atoms with Crippen LogP contribution in [-0.4, -0.2) is 32.2 Å². The Morgan fingerprint density at radius 1 is 1.09 bits per heavy atom. The summed E-state index contributed by atoms with van der Waals surface area (Å²) < 4.78 is 16.5. The van der Waals surface area contributed by atoms with E-state index in [4.69, 9.17) is 14.2 Å². The van der Waals surface area contributed by atoms with Crippen molar-refractivity contribution in [2.24, 2.45) is 5.41 Å². The molecule has 3 aliphatic heterocycles. The molecule has 3 heteroatoms. The molecule has 1 atom stereocenters. The lowest BCUT2D eigenvalue weighted by molar-refractivity contribution is -0.222. The first kappa shape index (κ1) is 7.53. The summed E-state index contributed by atoms with van der Waals surface area (Å²) in [5, 5.41) is 0. The molecule has 0 aromatic rings. The van der Waals surface area contributed by atoms with Gasteiger partial charge in [-0.15, -0.1) is 0 Å². The Morgan fingerprint density at radius 3 is 2.27 bits per heavy atom. The highest BCUT2D eigenvalue weighted by Crippen LogP contribution is 2.30. The molecule has 64 valence electrons. The van der Waals surface area contributed by atoms with Gasteiger partial charge in [0.2, 0.25) is 0 Å². The minimum atomic E-state index is -0.134. The molecule has 0 N–H and O–H groups in total. The second-order valence-corrected chi connectivity index (χ2v) is 3.82. The second kappa shape index (κ2) is 2.44. The lowest BCUT2D eigenvalue weighted by Crippen LogP contribution is -2.40. The molecule has 0 aromatic carbocycles. The molecule has 0 aliphatic carbocycles. The highest BCUT2D eigenvalue weighted by molar-refractivity contribution is 4.81. The van der Waals surface area contributed by atoms with Gasteiger partial charge >= 0.3 is 0 Å². The van der Waals surface area contributed by atoms with Crippen molar-refractivity contribution in [2.75, 3.05) is 19.8 Å². The van der Waals surface area contributed by atoms with E-state index < -0.39 is 0 Å². The third kappa shape index (κ3) is 1.28. The van der Waals surface area contributed by atoms with E-state index in [1.54, 1.807) is 0 Å². The van der Waals surface area contributed by atoms with E-state index in [2.05, 4.69) is 6.92 Å². The molecule has 0 spiro atoms. The van der Waals surface area contributed by atoms with Crippen LogP contribution < -0.4 is 0 Å². The van der Waals surface area contributed by atoms with Crippen LogP contribution >= 0.6 is 0 Å². The molecule has 3 aliphatic rings. The molecule has 0 saturated carbocycles. The number of hydrogen-bond acceptors (Lipinski definition) is 3. The first-order chi connectivity index (χ1) is 5.20. The number of rotatable bonds is 0. The summed E-state index contributed by atoms with van der Waals surface area (Å²) in [5.41, 5.74) is 0.0846. The topological polar surface area (TPSA) is 27.7 Å². The maximum Gasteiger partial charge on any atom is 0.183 e. The van der Waals surface area contributed by atoms with Crippen LogP contribution in [0.4, 0.5) is 0 Å². The van der Waals surface area contributed by atoms with Crippen molar-refractivity contribution in [3.63, 3.8) is 0 Å². The highest BCUT2D eigenvalue weighted by Gasteiger charge is 2.39. The summed E-state index contributed by atoms with van der Waals surface area (Å²) in [6.07, 6.45) is -0.0510. The van der Waals surface area contributed by atoms with E-state index in [1.807, 2.05) is 6.92 Å². The van der Waals surface area contributed by atoms with Gasteiger partial charge in [0.25, 0.3) is 0 Å². The lowest BCUT2D eigenvalue weighted by Gasteiger charge is -2.32. The number of hydrogen-bond donors (Lipinski definition) is 0. The van der Waals surface area contributed by atoms with Gasteiger partial charge in [-0.25, -0.2) is 0 Å². The second-order valence-electron chi connectivity index (χ2n) is 3.82. The Kier molecular flexibility index (Phi) is 1.67. The van der Waals surface area contributed by atoms with E-state index in [9.17, 15) is 0 Å². The first-order valence-corrected chi connectivity index (χ1v) is 4.04. The van der Waals surface area contributed by atoms with Gasteiger partial charge in [-0.2, -0.15) is 0 Å². The Bertz CT molecular complexity index is 149. The molecule has 0 amide bonds. The fourth-order valence-electron chi connectivity index (χ4n) is 1.42. The quantitative estimate of drug-likeness (QED) is 0.521. The summed E-state index contributed by atoms with van der Waals surface area (Å²) in [5.74, 6) is 0. The van der Waals surface area contributed by atoms with Gasteiger partial charge in [0.15, 0.2) is 6.29 Å². The van der Waals surface area contributed by atoms with Crippen LogP contribution in [0.3, 0.4) is 0 Å². The predicted molar refractivity (Wildman–Crippen MR) is 39.2 cm³/mol. The van der Waals surface area contributed by atoms with Crippen molar-refractivity contribution in [2.45, 2.75) is 26.2 Å². The van der Waals surface area contributed by atoms with Crippen LogP contribution in [0.25, 0.3) is 0 Å². The van der Waals surface area contributed by atoms with E-state index in [-0.39, 0.29) is 17.8 Å². The van der Waals surface area contributed by atoms with Crippen LogP contribution in [0.15, 0.2) is 0 Å². The third-order valence-electron chi connectivity index (χ3n) is 2.27. The van der Waals surface area contributed by atoms with Crippen molar-refractivity contribution >= 4 is 0 Å². The lowest BCUT2D eigenvalue weighted by atomic mass is 9.94. The van der Waals surface area contributed by atoms with E-state index >= 15 is 0 Å². The fourth-order valence-corrected chi connectivity index (χ4v) is 1.42. The van der Waals surface area contributed by atoms with Gasteiger partial charge in [0.1, 0.15) is 6.10 Å². The van der Waals surface area contributed by atoms with E-state index in [0.717, 1.165) is 19.8 Å². The normalized spacial score (nSPS) is 50.7. The molecule has 11 heavy (non-hydrogen) atoms. The molecule has 3 nitrogen and oxygen atoms in total. The zero-order chi connectivity index (χ0) is 7.90. The largest absolute Gasteiger partial charge is 0.372 e. The molecular formula is C8H14O3. The summed E-state index contributed by atoms with van der Waals surface area (Å²) in [6.45, 7) is 6.40. The van der Waals surface area contributed by atoms with Crippen molar-refractivity contribution in [1.29, 1.82) is 0 Å². The van der Waals surface area contributed by atoms with Crippen molar-refractivity contribution in [3.05, 3.63) is 0 Å². The maximum atomic E-state index is 5.54. The maximum absolute atomic E-state index is 5.54. The van der Waals surface area contributed by atoms with Crippen LogP contribution in [0.1, 0.15) is 13.8 Å².